The number of nitrogens with zero attached hydrogens (tertiary/aromatic N) is 2. The summed E-state index contributed by atoms with van der Waals surface area (Å²) in [6.45, 7) is 3.42. The van der Waals surface area contributed by atoms with Crippen molar-refractivity contribution in [3.63, 3.8) is 0 Å². The fourth-order valence-corrected chi connectivity index (χ4v) is 3.11. The van der Waals surface area contributed by atoms with E-state index < -0.39 is 0 Å². The SMILES string of the molecule is NCCNC(=O)C1CCCN(Cc2cc(-c3ccccc3)no2)C1. The zero-order valence-electron chi connectivity index (χ0n) is 13.8. The van der Waals surface area contributed by atoms with Crippen molar-refractivity contribution in [3.05, 3.63) is 42.2 Å². The molecule has 2 aromatic rings. The maximum Gasteiger partial charge on any atom is 0.224 e. The zero-order chi connectivity index (χ0) is 16.8. The Morgan fingerprint density at radius 3 is 3.00 bits per heavy atom. The molecule has 1 unspecified atom stereocenters. The van der Waals surface area contributed by atoms with Gasteiger partial charge in [-0.1, -0.05) is 35.5 Å². The molecule has 1 aliphatic heterocycles. The molecule has 0 spiro atoms. The Balaban J connectivity index is 1.58. The third kappa shape index (κ3) is 4.21. The van der Waals surface area contributed by atoms with Gasteiger partial charge in [0.05, 0.1) is 12.5 Å². The molecule has 1 saturated heterocycles. The minimum absolute atomic E-state index is 0.0295. The lowest BCUT2D eigenvalue weighted by Crippen LogP contribution is -2.43. The largest absolute Gasteiger partial charge is 0.359 e. The molecule has 1 fully saturated rings. The Labute approximate surface area is 142 Å². The number of carbonyl (C=O) groups is 1. The van der Waals surface area contributed by atoms with Crippen LogP contribution in [-0.4, -0.2) is 42.1 Å². The number of piperidine rings is 1. The molecule has 6 heteroatoms. The van der Waals surface area contributed by atoms with Gasteiger partial charge in [0.1, 0.15) is 5.69 Å². The molecule has 1 amide bonds. The lowest BCUT2D eigenvalue weighted by molar-refractivity contribution is -0.126. The summed E-state index contributed by atoms with van der Waals surface area (Å²) in [5.74, 6) is 0.964. The Hall–Kier alpha value is -2.18. The Bertz CT molecular complexity index is 656. The summed E-state index contributed by atoms with van der Waals surface area (Å²) in [5, 5.41) is 7.04. The summed E-state index contributed by atoms with van der Waals surface area (Å²) in [4.78, 5) is 14.4. The highest BCUT2D eigenvalue weighted by molar-refractivity contribution is 5.78. The standard InChI is InChI=1S/C18H24N4O2/c19-8-9-20-18(23)15-7-4-10-22(12-15)13-16-11-17(21-24-16)14-5-2-1-3-6-14/h1-3,5-6,11,15H,4,7-10,12-13,19H2,(H,20,23). The number of benzene rings is 1. The van der Waals surface area contributed by atoms with Crippen LogP contribution in [0.5, 0.6) is 0 Å². The number of hydrogen-bond donors (Lipinski definition) is 2. The summed E-state index contributed by atoms with van der Waals surface area (Å²) in [7, 11) is 0. The number of aromatic nitrogens is 1. The van der Waals surface area contributed by atoms with Gasteiger partial charge >= 0.3 is 0 Å². The quantitative estimate of drug-likeness (QED) is 0.842. The molecule has 1 aromatic carbocycles. The molecular weight excluding hydrogens is 304 g/mol. The van der Waals surface area contributed by atoms with Gasteiger partial charge in [0.2, 0.25) is 5.91 Å². The van der Waals surface area contributed by atoms with E-state index in [9.17, 15) is 4.79 Å². The van der Waals surface area contributed by atoms with Gasteiger partial charge in [-0.15, -0.1) is 0 Å². The van der Waals surface area contributed by atoms with Gasteiger partial charge in [0.15, 0.2) is 5.76 Å². The van der Waals surface area contributed by atoms with Gasteiger partial charge in [0, 0.05) is 31.3 Å². The van der Waals surface area contributed by atoms with Crippen molar-refractivity contribution >= 4 is 5.91 Å². The molecule has 24 heavy (non-hydrogen) atoms. The highest BCUT2D eigenvalue weighted by atomic mass is 16.5. The fourth-order valence-electron chi connectivity index (χ4n) is 3.11. The van der Waals surface area contributed by atoms with Gasteiger partial charge in [-0.25, -0.2) is 0 Å². The van der Waals surface area contributed by atoms with E-state index in [1.54, 1.807) is 0 Å². The Morgan fingerprint density at radius 2 is 2.21 bits per heavy atom. The third-order valence-corrected chi connectivity index (χ3v) is 4.33. The highest BCUT2D eigenvalue weighted by Gasteiger charge is 2.26. The molecule has 3 N–H and O–H groups in total. The van der Waals surface area contributed by atoms with Crippen LogP contribution >= 0.6 is 0 Å². The highest BCUT2D eigenvalue weighted by Crippen LogP contribution is 2.22. The number of nitrogens with two attached hydrogens (primary N) is 1. The average Bonchev–Trinajstić information content (AvgIpc) is 3.09. The number of carbonyl (C=O) groups excluding carboxylic acids is 1. The van der Waals surface area contributed by atoms with Crippen LogP contribution in [0.25, 0.3) is 11.3 Å². The maximum atomic E-state index is 12.1. The summed E-state index contributed by atoms with van der Waals surface area (Å²) in [6.07, 6.45) is 1.94. The fraction of sp³-hybridized carbons (Fsp3) is 0.444. The third-order valence-electron chi connectivity index (χ3n) is 4.33. The first-order valence-corrected chi connectivity index (χ1v) is 8.47. The molecule has 1 aromatic heterocycles. The van der Waals surface area contributed by atoms with Crippen molar-refractivity contribution in [1.82, 2.24) is 15.4 Å². The van der Waals surface area contributed by atoms with Gasteiger partial charge in [-0.05, 0) is 19.4 Å². The molecule has 3 rings (SSSR count). The summed E-state index contributed by atoms with van der Waals surface area (Å²) < 4.78 is 5.47. The number of amides is 1. The normalized spacial score (nSPS) is 18.5. The zero-order valence-corrected chi connectivity index (χ0v) is 13.8. The molecule has 0 bridgehead atoms. The monoisotopic (exact) mass is 328 g/mol. The molecule has 1 aliphatic rings. The maximum absolute atomic E-state index is 12.1. The van der Waals surface area contributed by atoms with Gasteiger partial charge in [0.25, 0.3) is 0 Å². The molecule has 2 heterocycles. The summed E-state index contributed by atoms with van der Waals surface area (Å²) in [5.41, 5.74) is 7.34. The van der Waals surface area contributed by atoms with Crippen LogP contribution in [0.2, 0.25) is 0 Å². The van der Waals surface area contributed by atoms with E-state index in [0.29, 0.717) is 19.6 Å². The van der Waals surface area contributed by atoms with Crippen molar-refractivity contribution in [2.45, 2.75) is 19.4 Å². The first-order chi connectivity index (χ1) is 11.8. The number of nitrogens with one attached hydrogen (secondary N) is 1. The van der Waals surface area contributed by atoms with Crippen molar-refractivity contribution in [3.8, 4) is 11.3 Å². The van der Waals surface area contributed by atoms with E-state index >= 15 is 0 Å². The van der Waals surface area contributed by atoms with E-state index in [2.05, 4.69) is 15.4 Å². The number of rotatable bonds is 6. The molecule has 1 atom stereocenters. The smallest absolute Gasteiger partial charge is 0.224 e. The molecule has 0 aliphatic carbocycles. The van der Waals surface area contributed by atoms with Crippen LogP contribution in [0.15, 0.2) is 40.9 Å². The number of likely N-dealkylation sites (tertiary alicyclic amines) is 1. The topological polar surface area (TPSA) is 84.4 Å². The first kappa shape index (κ1) is 16.7. The van der Waals surface area contributed by atoms with E-state index in [1.807, 2.05) is 36.4 Å². The van der Waals surface area contributed by atoms with Crippen molar-refractivity contribution in [2.75, 3.05) is 26.2 Å². The molecule has 6 nitrogen and oxygen atoms in total. The Kier molecular flexibility index (Phi) is 5.61. The lowest BCUT2D eigenvalue weighted by Gasteiger charge is -2.31. The van der Waals surface area contributed by atoms with Crippen LogP contribution in [-0.2, 0) is 11.3 Å². The Morgan fingerprint density at radius 1 is 1.38 bits per heavy atom. The number of hydrogen-bond acceptors (Lipinski definition) is 5. The average molecular weight is 328 g/mol. The predicted octanol–water partition coefficient (Wildman–Crippen LogP) is 1.63. The van der Waals surface area contributed by atoms with Crippen molar-refractivity contribution in [1.29, 1.82) is 0 Å². The van der Waals surface area contributed by atoms with Crippen LogP contribution < -0.4 is 11.1 Å². The van der Waals surface area contributed by atoms with Crippen LogP contribution in [0.3, 0.4) is 0 Å². The summed E-state index contributed by atoms with van der Waals surface area (Å²) >= 11 is 0. The molecule has 0 saturated carbocycles. The van der Waals surface area contributed by atoms with Gasteiger partial charge in [-0.3, -0.25) is 9.69 Å². The second-order valence-corrected chi connectivity index (χ2v) is 6.20. The van der Waals surface area contributed by atoms with E-state index in [0.717, 1.165) is 42.9 Å². The van der Waals surface area contributed by atoms with Crippen molar-refractivity contribution in [2.24, 2.45) is 11.7 Å². The second kappa shape index (κ2) is 8.08. The predicted molar refractivity (Wildman–Crippen MR) is 92.0 cm³/mol. The molecule has 0 radical (unpaired) electrons. The van der Waals surface area contributed by atoms with Crippen LogP contribution in [0, 0.1) is 5.92 Å². The van der Waals surface area contributed by atoms with Gasteiger partial charge < -0.3 is 15.6 Å². The van der Waals surface area contributed by atoms with Crippen LogP contribution in [0.4, 0.5) is 0 Å². The minimum Gasteiger partial charge on any atom is -0.359 e. The molecule has 128 valence electrons. The molecular formula is C18H24N4O2. The van der Waals surface area contributed by atoms with E-state index in [4.69, 9.17) is 10.3 Å². The van der Waals surface area contributed by atoms with Crippen molar-refractivity contribution < 1.29 is 9.32 Å². The van der Waals surface area contributed by atoms with E-state index in [-0.39, 0.29) is 11.8 Å². The van der Waals surface area contributed by atoms with Crippen LogP contribution in [0.1, 0.15) is 18.6 Å². The first-order valence-electron chi connectivity index (χ1n) is 8.47. The van der Waals surface area contributed by atoms with Gasteiger partial charge in [-0.2, -0.15) is 0 Å². The second-order valence-electron chi connectivity index (χ2n) is 6.20. The summed E-state index contributed by atoms with van der Waals surface area (Å²) in [6, 6.07) is 12.0. The van der Waals surface area contributed by atoms with E-state index in [1.165, 1.54) is 0 Å². The minimum atomic E-state index is 0.0295. The lowest BCUT2D eigenvalue weighted by atomic mass is 9.97.